The van der Waals surface area contributed by atoms with Crippen LogP contribution in [0.3, 0.4) is 0 Å². The summed E-state index contributed by atoms with van der Waals surface area (Å²) in [6.07, 6.45) is -0.394. The SMILES string of the molecule is OCCC#Cc1ccc(CSCC(O)CO)c(F)c1. The van der Waals surface area contributed by atoms with Gasteiger partial charge in [0.2, 0.25) is 0 Å². The predicted octanol–water partition coefficient (Wildman–Crippen LogP) is 1.15. The van der Waals surface area contributed by atoms with Crippen molar-refractivity contribution in [2.24, 2.45) is 0 Å². The number of thioether (sulfide) groups is 1. The number of halogens is 1. The molecule has 0 aliphatic carbocycles. The number of benzene rings is 1. The summed E-state index contributed by atoms with van der Waals surface area (Å²) >= 11 is 1.36. The summed E-state index contributed by atoms with van der Waals surface area (Å²) in [6, 6.07) is 4.76. The molecular weight excluding hydrogens is 267 g/mol. The molecule has 1 unspecified atom stereocenters. The third-order valence-corrected chi connectivity index (χ3v) is 3.44. The Morgan fingerprint density at radius 2 is 2.11 bits per heavy atom. The average molecular weight is 284 g/mol. The molecule has 104 valence electrons. The zero-order valence-electron chi connectivity index (χ0n) is 10.5. The molecule has 1 aromatic rings. The third kappa shape index (κ3) is 6.08. The van der Waals surface area contributed by atoms with Crippen molar-refractivity contribution in [1.82, 2.24) is 0 Å². The Morgan fingerprint density at radius 3 is 2.74 bits per heavy atom. The summed E-state index contributed by atoms with van der Waals surface area (Å²) in [5, 5.41) is 26.4. The Labute approximate surface area is 116 Å². The Bertz CT molecular complexity index is 454. The van der Waals surface area contributed by atoms with Gasteiger partial charge < -0.3 is 15.3 Å². The summed E-state index contributed by atoms with van der Waals surface area (Å²) < 4.78 is 13.7. The smallest absolute Gasteiger partial charge is 0.128 e. The molecule has 0 saturated carbocycles. The van der Waals surface area contributed by atoms with Gasteiger partial charge in [-0.05, 0) is 17.7 Å². The molecule has 5 heteroatoms. The maximum atomic E-state index is 13.7. The third-order valence-electron chi connectivity index (χ3n) is 2.30. The van der Waals surface area contributed by atoms with Crippen LogP contribution in [0.15, 0.2) is 18.2 Å². The average Bonchev–Trinajstić information content (AvgIpc) is 2.41. The molecule has 0 aliphatic rings. The van der Waals surface area contributed by atoms with Gasteiger partial charge in [-0.2, -0.15) is 11.8 Å². The van der Waals surface area contributed by atoms with Crippen molar-refractivity contribution < 1.29 is 19.7 Å². The maximum Gasteiger partial charge on any atom is 0.128 e. The molecule has 3 nitrogen and oxygen atoms in total. The van der Waals surface area contributed by atoms with E-state index in [4.69, 9.17) is 15.3 Å². The Kier molecular flexibility index (Phi) is 7.53. The largest absolute Gasteiger partial charge is 0.395 e. The van der Waals surface area contributed by atoms with Crippen LogP contribution in [0, 0.1) is 17.7 Å². The minimum Gasteiger partial charge on any atom is -0.395 e. The first-order valence-electron chi connectivity index (χ1n) is 5.92. The van der Waals surface area contributed by atoms with Crippen LogP contribution in [-0.4, -0.2) is 40.4 Å². The fourth-order valence-corrected chi connectivity index (χ4v) is 2.27. The quantitative estimate of drug-likeness (QED) is 0.686. The highest BCUT2D eigenvalue weighted by Crippen LogP contribution is 2.17. The summed E-state index contributed by atoms with van der Waals surface area (Å²) in [5.74, 6) is 5.97. The van der Waals surface area contributed by atoms with E-state index in [1.54, 1.807) is 12.1 Å². The van der Waals surface area contributed by atoms with Gasteiger partial charge in [-0.3, -0.25) is 0 Å². The lowest BCUT2D eigenvalue weighted by molar-refractivity contribution is 0.113. The number of aliphatic hydroxyl groups is 3. The second-order valence-electron chi connectivity index (χ2n) is 3.93. The molecule has 0 fully saturated rings. The van der Waals surface area contributed by atoms with Crippen LogP contribution in [0.4, 0.5) is 4.39 Å². The first kappa shape index (κ1) is 16.0. The second kappa shape index (κ2) is 8.94. The summed E-state index contributed by atoms with van der Waals surface area (Å²) in [4.78, 5) is 0. The summed E-state index contributed by atoms with van der Waals surface area (Å²) in [6.45, 7) is -0.285. The molecule has 0 aliphatic heterocycles. The topological polar surface area (TPSA) is 60.7 Å². The van der Waals surface area contributed by atoms with Crippen molar-refractivity contribution in [3.05, 3.63) is 35.1 Å². The van der Waals surface area contributed by atoms with Crippen LogP contribution in [-0.2, 0) is 5.75 Å². The van der Waals surface area contributed by atoms with Crippen molar-refractivity contribution in [1.29, 1.82) is 0 Å². The van der Waals surface area contributed by atoms with Crippen LogP contribution in [0.2, 0.25) is 0 Å². The molecule has 0 spiro atoms. The van der Waals surface area contributed by atoms with Crippen LogP contribution in [0.1, 0.15) is 17.5 Å². The standard InChI is InChI=1S/C14H17FO3S/c15-14-7-11(3-1-2-6-16)4-5-12(14)9-19-10-13(18)8-17/h4-5,7,13,16-18H,2,6,8-10H2. The Morgan fingerprint density at radius 1 is 1.32 bits per heavy atom. The van der Waals surface area contributed by atoms with Crippen molar-refractivity contribution in [2.45, 2.75) is 18.3 Å². The van der Waals surface area contributed by atoms with Crippen molar-refractivity contribution >= 4 is 11.8 Å². The monoisotopic (exact) mass is 284 g/mol. The van der Waals surface area contributed by atoms with Crippen molar-refractivity contribution in [3.8, 4) is 11.8 Å². The first-order valence-corrected chi connectivity index (χ1v) is 7.07. The van der Waals surface area contributed by atoms with Crippen LogP contribution >= 0.6 is 11.8 Å². The normalized spacial score (nSPS) is 11.8. The molecule has 3 N–H and O–H groups in total. The molecule has 0 aromatic heterocycles. The molecular formula is C14H17FO3S. The highest BCUT2D eigenvalue weighted by atomic mass is 32.2. The van der Waals surface area contributed by atoms with Crippen LogP contribution in [0.25, 0.3) is 0 Å². The predicted molar refractivity (Wildman–Crippen MR) is 74.2 cm³/mol. The zero-order chi connectivity index (χ0) is 14.1. The molecule has 1 aromatic carbocycles. The van der Waals surface area contributed by atoms with Crippen LogP contribution in [0.5, 0.6) is 0 Å². The molecule has 19 heavy (non-hydrogen) atoms. The minimum atomic E-state index is -0.767. The van der Waals surface area contributed by atoms with Gasteiger partial charge in [0.15, 0.2) is 0 Å². The van der Waals surface area contributed by atoms with Gasteiger partial charge in [0.05, 0.1) is 19.3 Å². The van der Waals surface area contributed by atoms with Crippen molar-refractivity contribution in [3.63, 3.8) is 0 Å². The van der Waals surface area contributed by atoms with Gasteiger partial charge in [-0.15, -0.1) is 0 Å². The molecule has 1 rings (SSSR count). The number of hydrogen-bond acceptors (Lipinski definition) is 4. The number of aliphatic hydroxyl groups excluding tert-OH is 3. The minimum absolute atomic E-state index is 0.00259. The van der Waals surface area contributed by atoms with E-state index in [1.165, 1.54) is 17.8 Å². The van der Waals surface area contributed by atoms with E-state index >= 15 is 0 Å². The number of hydrogen-bond donors (Lipinski definition) is 3. The van der Waals surface area contributed by atoms with Gasteiger partial charge in [0, 0.05) is 23.5 Å². The van der Waals surface area contributed by atoms with E-state index in [-0.39, 0.29) is 19.0 Å². The summed E-state index contributed by atoms with van der Waals surface area (Å²) in [5.41, 5.74) is 1.12. The highest BCUT2D eigenvalue weighted by Gasteiger charge is 2.06. The van der Waals surface area contributed by atoms with E-state index in [1.807, 2.05) is 0 Å². The Balaban J connectivity index is 2.55. The molecule has 1 atom stereocenters. The van der Waals surface area contributed by atoms with Gasteiger partial charge in [-0.1, -0.05) is 17.9 Å². The molecule has 0 saturated heterocycles. The lowest BCUT2D eigenvalue weighted by atomic mass is 10.1. The van der Waals surface area contributed by atoms with Gasteiger partial charge in [0.1, 0.15) is 5.82 Å². The molecule has 0 bridgehead atoms. The van der Waals surface area contributed by atoms with E-state index < -0.39 is 6.10 Å². The van der Waals surface area contributed by atoms with Crippen LogP contribution < -0.4 is 0 Å². The van der Waals surface area contributed by atoms with Crippen molar-refractivity contribution in [2.75, 3.05) is 19.0 Å². The zero-order valence-corrected chi connectivity index (χ0v) is 11.3. The number of rotatable bonds is 6. The first-order chi connectivity index (χ1) is 9.17. The molecule has 0 amide bonds. The van der Waals surface area contributed by atoms with Gasteiger partial charge >= 0.3 is 0 Å². The lowest BCUT2D eigenvalue weighted by Gasteiger charge is -2.07. The highest BCUT2D eigenvalue weighted by molar-refractivity contribution is 7.98. The Hall–Kier alpha value is -1.06. The summed E-state index contributed by atoms with van der Waals surface area (Å²) in [7, 11) is 0. The maximum absolute atomic E-state index is 13.7. The molecule has 0 heterocycles. The second-order valence-corrected chi connectivity index (χ2v) is 4.96. The van der Waals surface area contributed by atoms with E-state index in [0.29, 0.717) is 29.1 Å². The van der Waals surface area contributed by atoms with E-state index in [2.05, 4.69) is 11.8 Å². The lowest BCUT2D eigenvalue weighted by Crippen LogP contribution is -2.14. The van der Waals surface area contributed by atoms with E-state index in [0.717, 1.165) is 0 Å². The van der Waals surface area contributed by atoms with Gasteiger partial charge in [0.25, 0.3) is 0 Å². The fraction of sp³-hybridized carbons (Fsp3) is 0.429. The fourth-order valence-electron chi connectivity index (χ4n) is 1.32. The molecule has 0 radical (unpaired) electrons. The van der Waals surface area contributed by atoms with E-state index in [9.17, 15) is 4.39 Å². The van der Waals surface area contributed by atoms with Gasteiger partial charge in [-0.25, -0.2) is 4.39 Å².